The molecule has 2 aliphatic heterocycles. The summed E-state index contributed by atoms with van der Waals surface area (Å²) in [6.07, 6.45) is 3.59. The van der Waals surface area contributed by atoms with Crippen molar-refractivity contribution in [3.05, 3.63) is 75.7 Å². The van der Waals surface area contributed by atoms with E-state index in [0.717, 1.165) is 0 Å². The molecule has 0 radical (unpaired) electrons. The number of benzene rings is 3. The van der Waals surface area contributed by atoms with Crippen LogP contribution in [0.3, 0.4) is 0 Å². The summed E-state index contributed by atoms with van der Waals surface area (Å²) in [6, 6.07) is 5.26. The highest BCUT2D eigenvalue weighted by molar-refractivity contribution is 6.27. The average Bonchev–Trinajstić information content (AvgIpc) is 3.48. The zero-order valence-corrected chi connectivity index (χ0v) is 37.2. The fourth-order valence-corrected chi connectivity index (χ4v) is 8.58. The number of aromatic nitrogens is 2. The molecule has 0 fully saturated rings. The first-order chi connectivity index (χ1) is 29.1. The number of nitrogens with zero attached hydrogens (tertiary/aromatic N) is 2. The Bertz CT molecular complexity index is 2610. The van der Waals surface area contributed by atoms with Crippen molar-refractivity contribution in [2.24, 2.45) is 30.7 Å². The van der Waals surface area contributed by atoms with Crippen LogP contribution in [0.4, 0.5) is 5.69 Å². The van der Waals surface area contributed by atoms with Crippen LogP contribution < -0.4 is 20.2 Å². The number of esters is 1. The van der Waals surface area contributed by atoms with Crippen LogP contribution >= 0.6 is 0 Å². The van der Waals surface area contributed by atoms with Crippen LogP contribution in [-0.4, -0.2) is 85.9 Å². The van der Waals surface area contributed by atoms with Crippen LogP contribution in [0, 0.1) is 30.6 Å². The van der Waals surface area contributed by atoms with E-state index in [1.54, 1.807) is 76.6 Å². The number of aliphatic hydroxyl groups excluding tert-OH is 2. The highest BCUT2D eigenvalue weighted by Crippen LogP contribution is 2.48. The lowest BCUT2D eigenvalue weighted by molar-refractivity contribution is -0.160. The van der Waals surface area contributed by atoms with Gasteiger partial charge in [0.05, 0.1) is 63.7 Å². The van der Waals surface area contributed by atoms with Crippen LogP contribution in [0.15, 0.2) is 59.1 Å². The van der Waals surface area contributed by atoms with E-state index in [9.17, 15) is 34.5 Å². The largest absolute Gasteiger partial charge is 0.505 e. The maximum absolute atomic E-state index is 14.8. The molecule has 4 aromatic rings. The molecule has 2 aliphatic rings. The number of rotatable bonds is 4. The molecule has 332 valence electrons. The van der Waals surface area contributed by atoms with Crippen molar-refractivity contribution in [1.82, 2.24) is 9.55 Å². The molecule has 0 saturated carbocycles. The van der Waals surface area contributed by atoms with E-state index in [1.165, 1.54) is 46.3 Å². The molecule has 4 bridgehead atoms. The summed E-state index contributed by atoms with van der Waals surface area (Å²) in [5, 5.41) is 37.7. The number of ketones is 1. The SMILES string of the molecule is CO[C@H]1/C=C/O[C@@]2(C)Oc3c(C)c(=O)c4c(O)c(c5c(nc6ccc(OC(C)C)cc6n5C)c4c3C2=O)NC(=O)/C(C)=C\C=C\[C@H](C)[C@H](O)[C@@H](C)[C@@H](O)[C@@H](C)[C@H](OC(C)=O)[C@@H]1C. The first kappa shape index (κ1) is 45.7. The van der Waals surface area contributed by atoms with Crippen LogP contribution in [0.25, 0.3) is 32.8 Å². The topological polar surface area (TPSA) is 205 Å². The number of anilines is 1. The molecule has 62 heavy (non-hydrogen) atoms. The first-order valence-corrected chi connectivity index (χ1v) is 20.8. The van der Waals surface area contributed by atoms with Gasteiger partial charge in [0.1, 0.15) is 23.3 Å². The van der Waals surface area contributed by atoms with Gasteiger partial charge in [0, 0.05) is 74.3 Å². The van der Waals surface area contributed by atoms with Crippen molar-refractivity contribution in [1.29, 1.82) is 0 Å². The third kappa shape index (κ3) is 8.16. The quantitative estimate of drug-likeness (QED) is 0.0747. The van der Waals surface area contributed by atoms with Crippen molar-refractivity contribution in [3.8, 4) is 17.2 Å². The summed E-state index contributed by atoms with van der Waals surface area (Å²) in [4.78, 5) is 60.5. The van der Waals surface area contributed by atoms with E-state index in [4.69, 9.17) is 28.7 Å². The van der Waals surface area contributed by atoms with Crippen LogP contribution in [0.5, 0.6) is 17.2 Å². The molecule has 0 spiro atoms. The number of phenols is 1. The zero-order chi connectivity index (χ0) is 45.7. The highest BCUT2D eigenvalue weighted by atomic mass is 16.7. The average molecular weight is 856 g/mol. The van der Waals surface area contributed by atoms with Gasteiger partial charge in [0.15, 0.2) is 11.2 Å². The van der Waals surface area contributed by atoms with Gasteiger partial charge in [0.2, 0.25) is 0 Å². The van der Waals surface area contributed by atoms with E-state index >= 15 is 0 Å². The number of nitrogens with one attached hydrogen (secondary N) is 1. The molecule has 15 heteroatoms. The minimum Gasteiger partial charge on any atom is -0.505 e. The van der Waals surface area contributed by atoms with Crippen molar-refractivity contribution in [2.75, 3.05) is 12.4 Å². The Morgan fingerprint density at radius 1 is 1.00 bits per heavy atom. The minimum atomic E-state index is -2.02. The van der Waals surface area contributed by atoms with Gasteiger partial charge in [-0.15, -0.1) is 0 Å². The monoisotopic (exact) mass is 855 g/mol. The highest BCUT2D eigenvalue weighted by Gasteiger charge is 2.49. The summed E-state index contributed by atoms with van der Waals surface area (Å²) in [5.41, 5.74) is 0.737. The molecule has 6 rings (SSSR count). The number of allylic oxidation sites excluding steroid dienone is 2. The van der Waals surface area contributed by atoms with Gasteiger partial charge in [-0.2, -0.15) is 0 Å². The number of Topliss-reactive ketones (excluding diaryl/α,β-unsaturated/α-hetero) is 1. The van der Waals surface area contributed by atoms with Crippen LogP contribution in [0.2, 0.25) is 0 Å². The Hall–Kier alpha value is -5.77. The molecule has 4 N–H and O–H groups in total. The molecule has 3 aromatic carbocycles. The number of aromatic hydroxyl groups is 1. The van der Waals surface area contributed by atoms with Crippen LogP contribution in [0.1, 0.15) is 78.2 Å². The van der Waals surface area contributed by atoms with Crippen molar-refractivity contribution in [2.45, 2.75) is 106 Å². The Kier molecular flexibility index (Phi) is 12.9. The smallest absolute Gasteiger partial charge is 0.312 e. The van der Waals surface area contributed by atoms with Crippen molar-refractivity contribution < 1.29 is 53.4 Å². The Balaban J connectivity index is 1.62. The third-order valence-electron chi connectivity index (χ3n) is 12.2. The third-order valence-corrected chi connectivity index (χ3v) is 12.2. The second-order valence-electron chi connectivity index (χ2n) is 17.0. The van der Waals surface area contributed by atoms with Gasteiger partial charge >= 0.3 is 11.8 Å². The fourth-order valence-electron chi connectivity index (χ4n) is 8.58. The standard InChI is InChI=1S/C47H57N3O12/c1-21(2)60-29-16-17-30-31(20-29)50(11)38-36(48-30)33-34-41(54)27(8)44-35(33)45(56)47(10,62-44)59-19-18-32(58-12)24(5)43(61-28(9)51)26(7)40(53)25(6)39(52)22(3)14-13-15-23(4)46(57)49-37(38)42(34)55/h13-22,24-26,32,39-40,43,52-53,55H,1-12H3,(H,49,57)/b14-13+,19-18+,23-15-/t22-,24+,25+,26+,32-,39-,40+,43+,47-/m0/s1. The summed E-state index contributed by atoms with van der Waals surface area (Å²) in [7, 11) is 3.16. The number of ether oxygens (including phenoxy) is 5. The number of hydrogen-bond donors (Lipinski definition) is 4. The molecule has 15 nitrogen and oxygen atoms in total. The van der Waals surface area contributed by atoms with Crippen LogP contribution in [-0.2, 0) is 30.8 Å². The number of phenolic OH excluding ortho intramolecular Hbond substituents is 1. The lowest BCUT2D eigenvalue weighted by Crippen LogP contribution is -2.46. The van der Waals surface area contributed by atoms with Crippen molar-refractivity contribution in [3.63, 3.8) is 0 Å². The van der Waals surface area contributed by atoms with Gasteiger partial charge in [-0.1, -0.05) is 45.9 Å². The predicted octanol–water partition coefficient (Wildman–Crippen LogP) is 6.53. The number of amides is 1. The van der Waals surface area contributed by atoms with Crippen molar-refractivity contribution >= 4 is 56.2 Å². The predicted molar refractivity (Wildman–Crippen MR) is 234 cm³/mol. The Morgan fingerprint density at radius 3 is 2.34 bits per heavy atom. The molecule has 0 unspecified atom stereocenters. The Morgan fingerprint density at radius 2 is 1.69 bits per heavy atom. The number of fused-ring (bicyclic) bond motifs is 2. The molecule has 0 aliphatic carbocycles. The normalized spacial score (nSPS) is 29.3. The lowest BCUT2D eigenvalue weighted by Gasteiger charge is -2.38. The molecular formula is C47H57N3O12. The first-order valence-electron chi connectivity index (χ1n) is 20.8. The molecular weight excluding hydrogens is 799 g/mol. The van der Waals surface area contributed by atoms with E-state index in [1.807, 2.05) is 13.8 Å². The fraction of sp³-hybridized carbons (Fsp3) is 0.468. The Labute approximate surface area is 360 Å². The van der Waals surface area contributed by atoms with Gasteiger partial charge < -0.3 is 48.9 Å². The molecule has 1 aromatic heterocycles. The van der Waals surface area contributed by atoms with E-state index in [-0.39, 0.29) is 56.0 Å². The second kappa shape index (κ2) is 17.5. The van der Waals surface area contributed by atoms with E-state index in [0.29, 0.717) is 16.8 Å². The zero-order valence-electron chi connectivity index (χ0n) is 37.2. The maximum atomic E-state index is 14.8. The summed E-state index contributed by atoms with van der Waals surface area (Å²) < 4.78 is 31.6. The second-order valence-corrected chi connectivity index (χ2v) is 17.0. The number of methoxy groups -OCH3 is 1. The number of aliphatic hydroxyl groups is 2. The lowest BCUT2D eigenvalue weighted by atomic mass is 9.78. The summed E-state index contributed by atoms with van der Waals surface area (Å²) >= 11 is 0. The molecule has 9 atom stereocenters. The van der Waals surface area contributed by atoms with Gasteiger partial charge in [-0.25, -0.2) is 4.98 Å². The maximum Gasteiger partial charge on any atom is 0.312 e. The summed E-state index contributed by atoms with van der Waals surface area (Å²) in [6.45, 7) is 16.5. The van der Waals surface area contributed by atoms with Gasteiger partial charge in [-0.05, 0) is 45.9 Å². The number of hydrogen-bond acceptors (Lipinski definition) is 13. The molecule has 0 saturated heterocycles. The molecule has 3 heterocycles. The van der Waals surface area contributed by atoms with E-state index < -0.39 is 82.7 Å². The van der Waals surface area contributed by atoms with Gasteiger partial charge in [0.25, 0.3) is 11.7 Å². The van der Waals surface area contributed by atoms with E-state index in [2.05, 4.69) is 5.32 Å². The summed E-state index contributed by atoms with van der Waals surface area (Å²) in [5.74, 6) is -6.45. The van der Waals surface area contributed by atoms with Gasteiger partial charge in [-0.3, -0.25) is 19.2 Å². The number of carbonyl (C=O) groups excluding carboxylic acids is 3. The number of carbonyl (C=O) groups is 3. The minimum absolute atomic E-state index is 0.00833. The number of aryl methyl sites for hydroxylation is 1. The molecule has 1 amide bonds.